The van der Waals surface area contributed by atoms with Gasteiger partial charge in [-0.05, 0) is 13.8 Å². The van der Waals surface area contributed by atoms with E-state index < -0.39 is 35.4 Å². The number of aromatic amines is 1. The van der Waals surface area contributed by atoms with E-state index in [9.17, 15) is 14.7 Å². The minimum Gasteiger partial charge on any atom is -0.387 e. The van der Waals surface area contributed by atoms with Crippen molar-refractivity contribution in [2.24, 2.45) is 0 Å². The molecule has 3 aromatic rings. The molecule has 1 fully saturated rings. The zero-order valence-corrected chi connectivity index (χ0v) is 18.8. The number of nitrogens with zero attached hydrogens (tertiary/aromatic N) is 5. The number of alkyl halides is 1. The molecule has 0 aromatic carbocycles. The second-order valence-corrected chi connectivity index (χ2v) is 8.05. The smallest absolute Gasteiger partial charge is 0.330 e. The molecule has 1 aliphatic rings. The third-order valence-electron chi connectivity index (χ3n) is 5.70. The van der Waals surface area contributed by atoms with Gasteiger partial charge in [0.2, 0.25) is 12.0 Å². The summed E-state index contributed by atoms with van der Waals surface area (Å²) in [5.41, 5.74) is 3.52. The lowest BCUT2D eigenvalue weighted by Crippen LogP contribution is -2.44. The van der Waals surface area contributed by atoms with Crippen molar-refractivity contribution in [1.82, 2.24) is 24.1 Å². The van der Waals surface area contributed by atoms with Gasteiger partial charge in [0, 0.05) is 18.9 Å². The molecule has 4 atom stereocenters. The summed E-state index contributed by atoms with van der Waals surface area (Å²) in [6.07, 6.45) is 0.129. The van der Waals surface area contributed by atoms with Crippen LogP contribution in [0.5, 0.6) is 0 Å². The Hall–Kier alpha value is -3.20. The monoisotopic (exact) mass is 480 g/mol. The van der Waals surface area contributed by atoms with Crippen LogP contribution in [0.15, 0.2) is 34.5 Å². The summed E-state index contributed by atoms with van der Waals surface area (Å²) in [6, 6.07) is 1.07. The molecule has 0 unspecified atom stereocenters. The van der Waals surface area contributed by atoms with Gasteiger partial charge < -0.3 is 25.1 Å². The number of imidazole rings is 1. The van der Waals surface area contributed by atoms with Crippen molar-refractivity contribution in [3.8, 4) is 0 Å². The Bertz CT molecular complexity index is 1270. The number of H-pyrrole nitrogens is 1. The van der Waals surface area contributed by atoms with E-state index in [1.54, 1.807) is 6.33 Å². The Balaban J connectivity index is 1.42. The minimum absolute atomic E-state index is 0.0561. The Labute approximate surface area is 192 Å². The van der Waals surface area contributed by atoms with Crippen molar-refractivity contribution in [2.45, 2.75) is 51.2 Å². The fraction of sp³-hybridized carbons (Fsp3) is 0.550. The number of nitrogens with one attached hydrogen (secondary N) is 1. The van der Waals surface area contributed by atoms with Crippen molar-refractivity contribution in [3.05, 3.63) is 45.8 Å². The molecule has 0 spiro atoms. The van der Waals surface area contributed by atoms with Gasteiger partial charge in [-0.15, -0.1) is 0 Å². The topological polar surface area (TPSA) is 163 Å². The van der Waals surface area contributed by atoms with Gasteiger partial charge in [-0.2, -0.15) is 0 Å². The summed E-state index contributed by atoms with van der Waals surface area (Å²) in [4.78, 5) is 34.1. The summed E-state index contributed by atoms with van der Waals surface area (Å²) in [5, 5.41) is 10.4. The molecule has 1 aliphatic heterocycles. The van der Waals surface area contributed by atoms with Gasteiger partial charge in [-0.1, -0.05) is 4.98 Å². The average Bonchev–Trinajstić information content (AvgIpc) is 3.30. The number of nitrogens with two attached hydrogens (primary N) is 1. The van der Waals surface area contributed by atoms with Gasteiger partial charge in [-0.3, -0.25) is 18.9 Å². The first-order valence-electron chi connectivity index (χ1n) is 10.7. The number of hydrogen-bond acceptors (Lipinski definition) is 9. The lowest BCUT2D eigenvalue weighted by molar-refractivity contribution is -0.721. The quantitative estimate of drug-likeness (QED) is 0.253. The highest BCUT2D eigenvalue weighted by molar-refractivity contribution is 5.79. The van der Waals surface area contributed by atoms with E-state index in [0.29, 0.717) is 36.7 Å². The van der Waals surface area contributed by atoms with Crippen LogP contribution in [0.2, 0.25) is 0 Å². The van der Waals surface area contributed by atoms with Crippen LogP contribution >= 0.6 is 0 Å². The number of nitrogen functional groups attached to an aromatic ring is 1. The highest BCUT2D eigenvalue weighted by atomic mass is 19.1. The third kappa shape index (κ3) is 4.44. The lowest BCUT2D eigenvalue weighted by atomic mass is 9.98. The van der Waals surface area contributed by atoms with Crippen molar-refractivity contribution >= 4 is 17.0 Å². The molecule has 4 N–H and O–H groups in total. The number of fused-ring (bicyclic) bond motifs is 1. The lowest BCUT2D eigenvalue weighted by Gasteiger charge is -2.24. The Morgan fingerprint density at radius 3 is 2.91 bits per heavy atom. The second-order valence-electron chi connectivity index (χ2n) is 8.05. The molecular formula is C20H27FN7O6+. The number of hydrogen-bond donors (Lipinski definition) is 3. The molecule has 0 amide bonds. The van der Waals surface area contributed by atoms with Gasteiger partial charge in [-0.25, -0.2) is 18.7 Å². The van der Waals surface area contributed by atoms with Gasteiger partial charge >= 0.3 is 5.69 Å². The van der Waals surface area contributed by atoms with Crippen LogP contribution < -0.4 is 21.5 Å². The molecule has 4 rings (SSSR count). The van der Waals surface area contributed by atoms with Gasteiger partial charge in [0.25, 0.3) is 11.4 Å². The Kier molecular flexibility index (Phi) is 6.74. The number of rotatable bonds is 9. The van der Waals surface area contributed by atoms with Crippen LogP contribution in [0.4, 0.5) is 10.2 Å². The maximum atomic E-state index is 15.3. The molecule has 4 heterocycles. The second kappa shape index (κ2) is 9.58. The van der Waals surface area contributed by atoms with Crippen LogP contribution in [0.25, 0.3) is 11.2 Å². The van der Waals surface area contributed by atoms with Gasteiger partial charge in [0.1, 0.15) is 12.2 Å². The molecule has 1 saturated heterocycles. The molecule has 14 heteroatoms. The molecule has 0 aliphatic carbocycles. The fourth-order valence-electron chi connectivity index (χ4n) is 3.82. The highest BCUT2D eigenvalue weighted by Gasteiger charge is 2.55. The first-order valence-corrected chi connectivity index (χ1v) is 10.7. The fourth-order valence-corrected chi connectivity index (χ4v) is 3.82. The predicted molar refractivity (Wildman–Crippen MR) is 115 cm³/mol. The van der Waals surface area contributed by atoms with E-state index in [0.717, 1.165) is 23.8 Å². The maximum absolute atomic E-state index is 15.3. The number of anilines is 1. The Morgan fingerprint density at radius 2 is 2.18 bits per heavy atom. The van der Waals surface area contributed by atoms with E-state index in [1.807, 2.05) is 16.5 Å². The number of aromatic nitrogens is 6. The molecule has 0 radical (unpaired) electrons. The zero-order valence-electron chi connectivity index (χ0n) is 18.8. The molecule has 34 heavy (non-hydrogen) atoms. The standard InChI is InChI=1S/C20H26FN7O6/c1-3-32-7-6-26-9-23-14-16(22)27(10-24-17(14)26)11-33-8-12-15(30)20(2,21)18(34-12)28-5-4-13(29)25-19(28)31/h4-5,9-10,12,15,18,22,30H,3,6-8,11H2,1-2H3,(H,25,29,31)/p+1/t12-,15-,18-,20-/m1/s1. The van der Waals surface area contributed by atoms with E-state index in [1.165, 1.54) is 10.9 Å². The van der Waals surface area contributed by atoms with E-state index >= 15 is 4.39 Å². The first kappa shape index (κ1) is 23.9. The summed E-state index contributed by atoms with van der Waals surface area (Å²) in [5.74, 6) is 0.320. The highest BCUT2D eigenvalue weighted by Crippen LogP contribution is 2.40. The molecule has 3 aromatic heterocycles. The number of halogens is 1. The largest absolute Gasteiger partial charge is 0.387 e. The first-order chi connectivity index (χ1) is 16.2. The molecule has 0 bridgehead atoms. The van der Waals surface area contributed by atoms with Crippen LogP contribution in [-0.4, -0.2) is 66.9 Å². The van der Waals surface area contributed by atoms with Crippen molar-refractivity contribution in [2.75, 3.05) is 25.6 Å². The van der Waals surface area contributed by atoms with Crippen molar-refractivity contribution in [3.63, 3.8) is 0 Å². The summed E-state index contributed by atoms with van der Waals surface area (Å²) in [7, 11) is 0. The number of ether oxygens (including phenoxy) is 3. The summed E-state index contributed by atoms with van der Waals surface area (Å²) >= 11 is 0. The average molecular weight is 480 g/mol. The zero-order chi connectivity index (χ0) is 24.5. The maximum Gasteiger partial charge on any atom is 0.330 e. The normalized spacial score (nSPS) is 24.8. The summed E-state index contributed by atoms with van der Waals surface area (Å²) in [6.45, 7) is 4.50. The van der Waals surface area contributed by atoms with Crippen molar-refractivity contribution in [1.29, 1.82) is 0 Å². The van der Waals surface area contributed by atoms with Crippen LogP contribution in [0.3, 0.4) is 0 Å². The number of aliphatic hydroxyl groups is 1. The third-order valence-corrected chi connectivity index (χ3v) is 5.70. The molecule has 184 valence electrons. The summed E-state index contributed by atoms with van der Waals surface area (Å²) < 4.78 is 36.0. The predicted octanol–water partition coefficient (Wildman–Crippen LogP) is -1.15. The van der Waals surface area contributed by atoms with Crippen LogP contribution in [-0.2, 0) is 27.5 Å². The van der Waals surface area contributed by atoms with E-state index in [-0.39, 0.29) is 13.3 Å². The van der Waals surface area contributed by atoms with Crippen LogP contribution in [0.1, 0.15) is 20.1 Å². The van der Waals surface area contributed by atoms with Gasteiger partial charge in [0.15, 0.2) is 24.1 Å². The van der Waals surface area contributed by atoms with E-state index in [2.05, 4.69) is 9.97 Å². The molecule has 13 nitrogen and oxygen atoms in total. The van der Waals surface area contributed by atoms with E-state index in [4.69, 9.17) is 19.9 Å². The van der Waals surface area contributed by atoms with Crippen molar-refractivity contribution < 1.29 is 28.3 Å². The minimum atomic E-state index is -2.31. The Morgan fingerprint density at radius 1 is 1.38 bits per heavy atom. The van der Waals surface area contributed by atoms with Crippen LogP contribution in [0, 0.1) is 0 Å². The number of aliphatic hydroxyl groups excluding tert-OH is 1. The van der Waals surface area contributed by atoms with Gasteiger partial charge in [0.05, 0.1) is 26.1 Å². The SMILES string of the molecule is CCOCCn1cnc2c(N)[n+](COC[C@H]3O[C@@H](n4ccc(=O)[nH]c4=O)[C@](C)(F)[C@@H]3O)cnc21. The molecular weight excluding hydrogens is 453 g/mol. The molecule has 0 saturated carbocycles.